The molecule has 1 aromatic rings. The van der Waals surface area contributed by atoms with Gasteiger partial charge < -0.3 is 19.3 Å². The highest BCUT2D eigenvalue weighted by molar-refractivity contribution is 5.82. The summed E-state index contributed by atoms with van der Waals surface area (Å²) < 4.78 is 10.9. The molecule has 1 saturated carbocycles. The van der Waals surface area contributed by atoms with E-state index in [1.165, 1.54) is 0 Å². The largest absolute Gasteiger partial charge is 0.497 e. The minimum absolute atomic E-state index is 0.0214. The molecular formula is C22H30N2O4. The van der Waals surface area contributed by atoms with Crippen molar-refractivity contribution in [2.75, 3.05) is 33.9 Å². The molecule has 2 heterocycles. The highest BCUT2D eigenvalue weighted by atomic mass is 16.5. The first-order chi connectivity index (χ1) is 13.6. The van der Waals surface area contributed by atoms with Crippen molar-refractivity contribution in [3.8, 4) is 11.5 Å². The van der Waals surface area contributed by atoms with Gasteiger partial charge in [0.15, 0.2) is 0 Å². The van der Waals surface area contributed by atoms with Crippen molar-refractivity contribution in [1.82, 2.24) is 9.80 Å². The summed E-state index contributed by atoms with van der Waals surface area (Å²) in [6.07, 6.45) is 5.59. The van der Waals surface area contributed by atoms with E-state index in [-0.39, 0.29) is 23.8 Å². The first-order valence-electron chi connectivity index (χ1n) is 10.4. The number of likely N-dealkylation sites (tertiary alicyclic amines) is 2. The predicted molar refractivity (Wildman–Crippen MR) is 105 cm³/mol. The molecule has 0 spiro atoms. The number of carbonyl (C=O) groups excluding carboxylic acids is 2. The SMILES string of the molecule is COc1ccc(C2CCCN2C(=O)C2CCN(C(=O)C3CC3)CC2)c(OC)c1. The van der Waals surface area contributed by atoms with Crippen LogP contribution in [0.25, 0.3) is 0 Å². The summed E-state index contributed by atoms with van der Waals surface area (Å²) >= 11 is 0. The smallest absolute Gasteiger partial charge is 0.226 e. The first kappa shape index (κ1) is 19.1. The zero-order chi connectivity index (χ0) is 19.7. The van der Waals surface area contributed by atoms with Crippen molar-refractivity contribution < 1.29 is 19.1 Å². The van der Waals surface area contributed by atoms with E-state index in [2.05, 4.69) is 0 Å². The fourth-order valence-corrected chi connectivity index (χ4v) is 4.62. The molecule has 3 fully saturated rings. The molecule has 0 aromatic heterocycles. The van der Waals surface area contributed by atoms with Crippen LogP contribution in [-0.2, 0) is 9.59 Å². The molecule has 2 aliphatic heterocycles. The van der Waals surface area contributed by atoms with Crippen LogP contribution in [0.2, 0.25) is 0 Å². The lowest BCUT2D eigenvalue weighted by molar-refractivity contribution is -0.142. The standard InChI is InChI=1S/C22H30N2O4/c1-27-17-7-8-18(20(14-17)28-2)19-4-3-11-24(19)22(26)16-9-12-23(13-10-16)21(25)15-5-6-15/h7-8,14-16,19H,3-6,9-13H2,1-2H3. The Morgan fingerprint density at radius 1 is 0.893 bits per heavy atom. The van der Waals surface area contributed by atoms with E-state index in [1.54, 1.807) is 14.2 Å². The number of hydrogen-bond donors (Lipinski definition) is 0. The number of piperidine rings is 1. The maximum Gasteiger partial charge on any atom is 0.226 e. The van der Waals surface area contributed by atoms with E-state index in [0.29, 0.717) is 5.91 Å². The van der Waals surface area contributed by atoms with Gasteiger partial charge in [-0.15, -0.1) is 0 Å². The Kier molecular flexibility index (Phi) is 5.47. The number of ether oxygens (including phenoxy) is 2. The number of hydrogen-bond acceptors (Lipinski definition) is 4. The van der Waals surface area contributed by atoms with Crippen molar-refractivity contribution in [1.29, 1.82) is 0 Å². The summed E-state index contributed by atoms with van der Waals surface area (Å²) in [6, 6.07) is 5.89. The van der Waals surface area contributed by atoms with Crippen molar-refractivity contribution in [2.45, 2.75) is 44.6 Å². The second-order valence-electron chi connectivity index (χ2n) is 8.17. The van der Waals surface area contributed by atoms with Crippen molar-refractivity contribution in [3.05, 3.63) is 23.8 Å². The van der Waals surface area contributed by atoms with E-state index in [1.807, 2.05) is 28.0 Å². The fourth-order valence-electron chi connectivity index (χ4n) is 4.62. The van der Waals surface area contributed by atoms with Crippen LogP contribution < -0.4 is 9.47 Å². The number of methoxy groups -OCH3 is 2. The van der Waals surface area contributed by atoms with E-state index in [9.17, 15) is 9.59 Å². The summed E-state index contributed by atoms with van der Waals surface area (Å²) in [6.45, 7) is 2.23. The number of rotatable bonds is 5. The lowest BCUT2D eigenvalue weighted by Crippen LogP contribution is -2.44. The Balaban J connectivity index is 1.43. The number of nitrogens with zero attached hydrogens (tertiary/aromatic N) is 2. The molecule has 1 aliphatic carbocycles. The molecule has 6 heteroatoms. The minimum atomic E-state index is 0.0214. The number of carbonyl (C=O) groups is 2. The highest BCUT2D eigenvalue weighted by Gasteiger charge is 2.39. The zero-order valence-corrected chi connectivity index (χ0v) is 16.9. The maximum atomic E-state index is 13.3. The molecule has 0 bridgehead atoms. The van der Waals surface area contributed by atoms with Crippen molar-refractivity contribution in [2.24, 2.45) is 11.8 Å². The average Bonchev–Trinajstić information content (AvgIpc) is 3.49. The lowest BCUT2D eigenvalue weighted by atomic mass is 9.93. The molecule has 0 radical (unpaired) electrons. The third-order valence-electron chi connectivity index (χ3n) is 6.42. The molecule has 2 saturated heterocycles. The van der Waals surface area contributed by atoms with Crippen LogP contribution >= 0.6 is 0 Å². The third-order valence-corrected chi connectivity index (χ3v) is 6.42. The fraction of sp³-hybridized carbons (Fsp3) is 0.636. The molecule has 4 rings (SSSR count). The Morgan fingerprint density at radius 2 is 1.61 bits per heavy atom. The summed E-state index contributed by atoms with van der Waals surface area (Å²) in [5, 5.41) is 0. The van der Waals surface area contributed by atoms with E-state index in [0.717, 1.165) is 75.2 Å². The molecule has 6 nitrogen and oxygen atoms in total. The number of amides is 2. The number of benzene rings is 1. The monoisotopic (exact) mass is 386 g/mol. The topological polar surface area (TPSA) is 59.1 Å². The van der Waals surface area contributed by atoms with Gasteiger partial charge in [0.05, 0.1) is 20.3 Å². The average molecular weight is 386 g/mol. The van der Waals surface area contributed by atoms with E-state index >= 15 is 0 Å². The van der Waals surface area contributed by atoms with Gasteiger partial charge in [0.2, 0.25) is 11.8 Å². The first-order valence-corrected chi connectivity index (χ1v) is 10.4. The van der Waals surface area contributed by atoms with Gasteiger partial charge >= 0.3 is 0 Å². The minimum Gasteiger partial charge on any atom is -0.497 e. The third kappa shape index (κ3) is 3.69. The Labute approximate surface area is 166 Å². The molecule has 3 aliphatic rings. The van der Waals surface area contributed by atoms with E-state index < -0.39 is 0 Å². The normalized spacial score (nSPS) is 23.0. The van der Waals surface area contributed by atoms with Gasteiger partial charge in [-0.25, -0.2) is 0 Å². The quantitative estimate of drug-likeness (QED) is 0.781. The van der Waals surface area contributed by atoms with Crippen LogP contribution in [0.15, 0.2) is 18.2 Å². The van der Waals surface area contributed by atoms with Gasteiger partial charge in [-0.05, 0) is 50.7 Å². The maximum absolute atomic E-state index is 13.3. The zero-order valence-electron chi connectivity index (χ0n) is 16.9. The van der Waals surface area contributed by atoms with Crippen LogP contribution in [-0.4, -0.2) is 55.5 Å². The van der Waals surface area contributed by atoms with Crippen molar-refractivity contribution >= 4 is 11.8 Å². The van der Waals surface area contributed by atoms with Gasteiger partial charge in [0, 0.05) is 43.1 Å². The van der Waals surface area contributed by atoms with Gasteiger partial charge in [-0.2, -0.15) is 0 Å². The van der Waals surface area contributed by atoms with Gasteiger partial charge in [-0.3, -0.25) is 9.59 Å². The molecule has 1 unspecified atom stereocenters. The van der Waals surface area contributed by atoms with E-state index in [4.69, 9.17) is 9.47 Å². The van der Waals surface area contributed by atoms with Crippen LogP contribution in [0, 0.1) is 11.8 Å². The van der Waals surface area contributed by atoms with Crippen LogP contribution in [0.4, 0.5) is 0 Å². The summed E-state index contributed by atoms with van der Waals surface area (Å²) in [5.74, 6) is 2.34. The molecule has 0 N–H and O–H groups in total. The molecule has 152 valence electrons. The Hall–Kier alpha value is -2.24. The summed E-state index contributed by atoms with van der Waals surface area (Å²) in [7, 11) is 3.30. The van der Waals surface area contributed by atoms with Gasteiger partial charge in [0.25, 0.3) is 0 Å². The van der Waals surface area contributed by atoms with Gasteiger partial charge in [0.1, 0.15) is 11.5 Å². The molecular weight excluding hydrogens is 356 g/mol. The van der Waals surface area contributed by atoms with Crippen LogP contribution in [0.3, 0.4) is 0 Å². The highest BCUT2D eigenvalue weighted by Crippen LogP contribution is 2.40. The molecule has 1 aromatic carbocycles. The summed E-state index contributed by atoms with van der Waals surface area (Å²) in [4.78, 5) is 29.5. The van der Waals surface area contributed by atoms with Crippen molar-refractivity contribution in [3.63, 3.8) is 0 Å². The summed E-state index contributed by atoms with van der Waals surface area (Å²) in [5.41, 5.74) is 1.05. The molecule has 2 amide bonds. The van der Waals surface area contributed by atoms with Crippen LogP contribution in [0.5, 0.6) is 11.5 Å². The molecule has 1 atom stereocenters. The molecule has 28 heavy (non-hydrogen) atoms. The van der Waals surface area contributed by atoms with Gasteiger partial charge in [-0.1, -0.05) is 0 Å². The second-order valence-corrected chi connectivity index (χ2v) is 8.17. The van der Waals surface area contributed by atoms with Crippen LogP contribution in [0.1, 0.15) is 50.1 Å². The Morgan fingerprint density at radius 3 is 2.25 bits per heavy atom. The lowest BCUT2D eigenvalue weighted by Gasteiger charge is -2.35. The predicted octanol–water partition coefficient (Wildman–Crippen LogP) is 3.02. The Bertz CT molecular complexity index is 738. The second kappa shape index (κ2) is 8.02.